The van der Waals surface area contributed by atoms with Crippen LogP contribution >= 0.6 is 11.3 Å². The molecule has 1 amide bonds. The number of aromatic amines is 1. The predicted octanol–water partition coefficient (Wildman–Crippen LogP) is 3.79. The molecule has 1 aromatic carbocycles. The Balaban J connectivity index is 1.85. The number of hydrogen-bond donors (Lipinski definition) is 2. The first kappa shape index (κ1) is 11.0. The number of H-pyrrole nitrogens is 1. The van der Waals surface area contributed by atoms with Gasteiger partial charge in [0.15, 0.2) is 0 Å². The van der Waals surface area contributed by atoms with E-state index in [0.29, 0.717) is 5.69 Å². The van der Waals surface area contributed by atoms with Gasteiger partial charge in [-0.3, -0.25) is 4.79 Å². The number of aromatic nitrogens is 1. The molecule has 0 spiro atoms. The lowest BCUT2D eigenvalue weighted by Gasteiger charge is -2.04. The summed E-state index contributed by atoms with van der Waals surface area (Å²) in [5.41, 5.74) is 3.55. The standard InChI is InChI=1S/C14H12N2OS/c1-9-3-2-4-10(7-9)15-14(17)12-8-13-11(16-12)5-6-18-13/h2-8,16H,1H3,(H,15,17). The van der Waals surface area contributed by atoms with Gasteiger partial charge >= 0.3 is 0 Å². The minimum absolute atomic E-state index is 0.107. The first-order valence-electron chi connectivity index (χ1n) is 5.66. The summed E-state index contributed by atoms with van der Waals surface area (Å²) in [6.45, 7) is 2.00. The molecule has 2 aromatic heterocycles. The monoisotopic (exact) mass is 256 g/mol. The summed E-state index contributed by atoms with van der Waals surface area (Å²) in [4.78, 5) is 15.2. The van der Waals surface area contributed by atoms with Crippen LogP contribution in [0.2, 0.25) is 0 Å². The number of carbonyl (C=O) groups excluding carboxylic acids is 1. The van der Waals surface area contributed by atoms with Gasteiger partial charge in [-0.1, -0.05) is 12.1 Å². The molecule has 0 fully saturated rings. The Morgan fingerprint density at radius 1 is 1.28 bits per heavy atom. The van der Waals surface area contributed by atoms with E-state index in [0.717, 1.165) is 21.5 Å². The molecular formula is C14H12N2OS. The maximum atomic E-state index is 12.1. The van der Waals surface area contributed by atoms with Crippen molar-refractivity contribution in [3.8, 4) is 0 Å². The third-order valence-electron chi connectivity index (χ3n) is 2.76. The normalized spacial score (nSPS) is 10.7. The number of thiophene rings is 1. The number of rotatable bonds is 2. The minimum Gasteiger partial charge on any atom is -0.350 e. The van der Waals surface area contributed by atoms with Crippen LogP contribution in [0, 0.1) is 6.92 Å². The van der Waals surface area contributed by atoms with E-state index in [1.54, 1.807) is 11.3 Å². The number of nitrogens with one attached hydrogen (secondary N) is 2. The highest BCUT2D eigenvalue weighted by atomic mass is 32.1. The van der Waals surface area contributed by atoms with Gasteiger partial charge in [-0.15, -0.1) is 11.3 Å². The smallest absolute Gasteiger partial charge is 0.272 e. The zero-order valence-corrected chi connectivity index (χ0v) is 10.7. The SMILES string of the molecule is Cc1cccc(NC(=O)c2cc3sccc3[nH]2)c1. The Morgan fingerprint density at radius 2 is 2.17 bits per heavy atom. The highest BCUT2D eigenvalue weighted by molar-refractivity contribution is 7.17. The Bertz CT molecular complexity index is 683. The first-order valence-corrected chi connectivity index (χ1v) is 6.54. The summed E-state index contributed by atoms with van der Waals surface area (Å²) in [5.74, 6) is -0.107. The Kier molecular flexibility index (Phi) is 2.64. The molecule has 0 aliphatic heterocycles. The third kappa shape index (κ3) is 2.02. The molecule has 0 atom stereocenters. The van der Waals surface area contributed by atoms with E-state index < -0.39 is 0 Å². The molecule has 2 heterocycles. The van der Waals surface area contributed by atoms with Gasteiger partial charge in [-0.05, 0) is 42.1 Å². The predicted molar refractivity (Wildman–Crippen MR) is 75.3 cm³/mol. The molecule has 0 unspecified atom stereocenters. The fourth-order valence-corrected chi connectivity index (χ4v) is 2.67. The van der Waals surface area contributed by atoms with Crippen molar-refractivity contribution in [3.05, 3.63) is 53.0 Å². The molecule has 90 valence electrons. The molecule has 18 heavy (non-hydrogen) atoms. The average molecular weight is 256 g/mol. The zero-order valence-electron chi connectivity index (χ0n) is 9.86. The summed E-state index contributed by atoms with van der Waals surface area (Å²) in [6.07, 6.45) is 0. The van der Waals surface area contributed by atoms with Crippen LogP contribution < -0.4 is 5.32 Å². The van der Waals surface area contributed by atoms with Crippen molar-refractivity contribution in [1.82, 2.24) is 4.98 Å². The molecule has 2 N–H and O–H groups in total. The molecule has 4 heteroatoms. The number of aryl methyl sites for hydroxylation is 1. The average Bonchev–Trinajstić information content (AvgIpc) is 2.88. The summed E-state index contributed by atoms with van der Waals surface area (Å²) < 4.78 is 1.10. The van der Waals surface area contributed by atoms with Crippen molar-refractivity contribution in [2.45, 2.75) is 6.92 Å². The maximum Gasteiger partial charge on any atom is 0.272 e. The summed E-state index contributed by atoms with van der Waals surface area (Å²) >= 11 is 1.62. The van der Waals surface area contributed by atoms with E-state index in [1.807, 2.05) is 48.7 Å². The van der Waals surface area contributed by atoms with E-state index in [9.17, 15) is 4.79 Å². The quantitative estimate of drug-likeness (QED) is 0.720. The van der Waals surface area contributed by atoms with Crippen molar-refractivity contribution in [2.75, 3.05) is 5.32 Å². The second kappa shape index (κ2) is 4.31. The van der Waals surface area contributed by atoms with Crippen molar-refractivity contribution in [1.29, 1.82) is 0 Å². The number of hydrogen-bond acceptors (Lipinski definition) is 2. The van der Waals surface area contributed by atoms with Crippen LogP contribution in [0.15, 0.2) is 41.8 Å². The lowest BCUT2D eigenvalue weighted by atomic mass is 10.2. The van der Waals surface area contributed by atoms with Gasteiger partial charge in [0.1, 0.15) is 5.69 Å². The first-order chi connectivity index (χ1) is 8.72. The van der Waals surface area contributed by atoms with Gasteiger partial charge in [0, 0.05) is 5.69 Å². The highest BCUT2D eigenvalue weighted by Gasteiger charge is 2.10. The van der Waals surface area contributed by atoms with E-state index in [4.69, 9.17) is 0 Å². The summed E-state index contributed by atoms with van der Waals surface area (Å²) in [5, 5.41) is 4.89. The van der Waals surface area contributed by atoms with E-state index in [2.05, 4.69) is 10.3 Å². The summed E-state index contributed by atoms with van der Waals surface area (Å²) in [6, 6.07) is 11.6. The molecular weight excluding hydrogens is 244 g/mol. The molecule has 3 nitrogen and oxygen atoms in total. The van der Waals surface area contributed by atoms with Gasteiger partial charge < -0.3 is 10.3 Å². The zero-order chi connectivity index (χ0) is 12.5. The number of benzene rings is 1. The second-order valence-corrected chi connectivity index (χ2v) is 5.15. The van der Waals surface area contributed by atoms with Crippen molar-refractivity contribution in [2.24, 2.45) is 0 Å². The third-order valence-corrected chi connectivity index (χ3v) is 3.62. The van der Waals surface area contributed by atoms with Crippen LogP contribution in [0.25, 0.3) is 10.2 Å². The van der Waals surface area contributed by atoms with Gasteiger partial charge in [0.2, 0.25) is 0 Å². The van der Waals surface area contributed by atoms with Crippen molar-refractivity contribution >= 4 is 33.1 Å². The topological polar surface area (TPSA) is 44.9 Å². The molecule has 0 aliphatic rings. The number of amides is 1. The number of carbonyl (C=O) groups is 1. The van der Waals surface area contributed by atoms with Crippen LogP contribution in [0.1, 0.15) is 16.1 Å². The van der Waals surface area contributed by atoms with Crippen LogP contribution in [0.5, 0.6) is 0 Å². The van der Waals surface area contributed by atoms with E-state index in [-0.39, 0.29) is 5.91 Å². The molecule has 0 saturated heterocycles. The minimum atomic E-state index is -0.107. The maximum absolute atomic E-state index is 12.1. The van der Waals surface area contributed by atoms with Gasteiger partial charge in [-0.25, -0.2) is 0 Å². The fourth-order valence-electron chi connectivity index (χ4n) is 1.89. The lowest BCUT2D eigenvalue weighted by Crippen LogP contribution is -2.12. The number of anilines is 1. The molecule has 3 aromatic rings. The van der Waals surface area contributed by atoms with Crippen molar-refractivity contribution in [3.63, 3.8) is 0 Å². The molecule has 3 rings (SSSR count). The van der Waals surface area contributed by atoms with Crippen LogP contribution in [0.3, 0.4) is 0 Å². The molecule has 0 saturated carbocycles. The van der Waals surface area contributed by atoms with Gasteiger partial charge in [-0.2, -0.15) is 0 Å². The van der Waals surface area contributed by atoms with Crippen molar-refractivity contribution < 1.29 is 4.79 Å². The Labute approximate surface area is 108 Å². The summed E-state index contributed by atoms with van der Waals surface area (Å²) in [7, 11) is 0. The lowest BCUT2D eigenvalue weighted by molar-refractivity contribution is 0.102. The number of fused-ring (bicyclic) bond motifs is 1. The molecule has 0 bridgehead atoms. The van der Waals surface area contributed by atoms with Crippen LogP contribution in [-0.2, 0) is 0 Å². The van der Waals surface area contributed by atoms with E-state index >= 15 is 0 Å². The van der Waals surface area contributed by atoms with Gasteiger partial charge in [0.25, 0.3) is 5.91 Å². The van der Waals surface area contributed by atoms with Gasteiger partial charge in [0.05, 0.1) is 10.2 Å². The Hall–Kier alpha value is -2.07. The second-order valence-electron chi connectivity index (χ2n) is 4.21. The van der Waals surface area contributed by atoms with E-state index in [1.165, 1.54) is 0 Å². The molecule has 0 aliphatic carbocycles. The largest absolute Gasteiger partial charge is 0.350 e. The highest BCUT2D eigenvalue weighted by Crippen LogP contribution is 2.22. The Morgan fingerprint density at radius 3 is 2.94 bits per heavy atom. The van der Waals surface area contributed by atoms with Crippen LogP contribution in [0.4, 0.5) is 5.69 Å². The van der Waals surface area contributed by atoms with Crippen LogP contribution in [-0.4, -0.2) is 10.9 Å². The molecule has 0 radical (unpaired) electrons. The fraction of sp³-hybridized carbons (Fsp3) is 0.0714.